The van der Waals surface area contributed by atoms with Gasteiger partial charge in [0, 0.05) is 10.6 Å². The van der Waals surface area contributed by atoms with Crippen LogP contribution in [0.5, 0.6) is 0 Å². The third-order valence-electron chi connectivity index (χ3n) is 4.83. The van der Waals surface area contributed by atoms with Crippen molar-refractivity contribution in [2.75, 3.05) is 5.32 Å². The zero-order valence-corrected chi connectivity index (χ0v) is 18.1. The van der Waals surface area contributed by atoms with Crippen LogP contribution in [0.15, 0.2) is 96.4 Å². The molecule has 0 fully saturated rings. The van der Waals surface area contributed by atoms with Gasteiger partial charge < -0.3 is 5.32 Å². The van der Waals surface area contributed by atoms with Gasteiger partial charge in [0.15, 0.2) is 5.82 Å². The van der Waals surface area contributed by atoms with Crippen LogP contribution in [0.2, 0.25) is 0 Å². The number of benzene rings is 3. The molecule has 10 heteroatoms. The lowest BCUT2D eigenvalue weighted by Crippen LogP contribution is -2.13. The lowest BCUT2D eigenvalue weighted by molar-refractivity contribution is 0.102. The summed E-state index contributed by atoms with van der Waals surface area (Å²) < 4.78 is 3.35. The number of nitrogens with one attached hydrogen (secondary N) is 1. The number of rotatable bonds is 7. The second-order valence-electron chi connectivity index (χ2n) is 6.97. The molecule has 0 spiro atoms. The maximum atomic E-state index is 13.0. The summed E-state index contributed by atoms with van der Waals surface area (Å²) in [5.74, 6) is 1.03. The van der Waals surface area contributed by atoms with E-state index in [2.05, 4.69) is 30.9 Å². The number of nitrogens with zero attached hydrogens (tertiary/aromatic N) is 7. The Bertz CT molecular complexity index is 1350. The summed E-state index contributed by atoms with van der Waals surface area (Å²) in [4.78, 5) is 17.8. The van der Waals surface area contributed by atoms with Crippen molar-refractivity contribution in [3.8, 4) is 11.4 Å². The van der Waals surface area contributed by atoms with Gasteiger partial charge in [-0.05, 0) is 59.0 Å². The largest absolute Gasteiger partial charge is 0.322 e. The molecule has 33 heavy (non-hydrogen) atoms. The molecule has 1 amide bonds. The van der Waals surface area contributed by atoms with Gasteiger partial charge in [0.25, 0.3) is 5.91 Å². The topological polar surface area (TPSA) is 103 Å². The van der Waals surface area contributed by atoms with E-state index in [1.165, 1.54) is 18.1 Å². The molecule has 0 bridgehead atoms. The molecular weight excluding hydrogens is 436 g/mol. The Labute approximate surface area is 193 Å². The molecule has 0 aliphatic heterocycles. The van der Waals surface area contributed by atoms with Gasteiger partial charge in [-0.15, -0.1) is 16.9 Å². The summed E-state index contributed by atoms with van der Waals surface area (Å²) in [5, 5.41) is 19.1. The van der Waals surface area contributed by atoms with E-state index < -0.39 is 0 Å². The van der Waals surface area contributed by atoms with Crippen LogP contribution in [0, 0.1) is 0 Å². The van der Waals surface area contributed by atoms with Crippen molar-refractivity contribution < 1.29 is 4.79 Å². The predicted octanol–water partition coefficient (Wildman–Crippen LogP) is 3.79. The quantitative estimate of drug-likeness (QED) is 0.373. The number of hydrogen-bond donors (Lipinski definition) is 1. The Morgan fingerprint density at radius 2 is 1.70 bits per heavy atom. The van der Waals surface area contributed by atoms with Crippen LogP contribution in [-0.2, 0) is 5.75 Å². The molecule has 0 saturated carbocycles. The lowest BCUT2D eigenvalue weighted by atomic mass is 10.2. The molecule has 5 aromatic rings. The number of carbonyl (C=O) groups is 1. The number of hydrogen-bond acceptors (Lipinski definition) is 7. The minimum Gasteiger partial charge on any atom is -0.322 e. The average molecular weight is 455 g/mol. The first-order valence-corrected chi connectivity index (χ1v) is 11.1. The van der Waals surface area contributed by atoms with Gasteiger partial charge >= 0.3 is 0 Å². The van der Waals surface area contributed by atoms with Crippen molar-refractivity contribution in [3.05, 3.63) is 103 Å². The molecule has 1 N–H and O–H groups in total. The van der Waals surface area contributed by atoms with Crippen LogP contribution in [0.3, 0.4) is 0 Å². The van der Waals surface area contributed by atoms with E-state index in [1.807, 2.05) is 78.9 Å². The predicted molar refractivity (Wildman–Crippen MR) is 124 cm³/mol. The maximum Gasteiger partial charge on any atom is 0.256 e. The third-order valence-corrected chi connectivity index (χ3v) is 5.90. The standard InChI is InChI=1S/C23H18N8OS/c32-23(26-17-10-12-18(13-11-17)30-16-24-15-25-30)20-8-4-5-9-21(20)33-14-22-27-28-29-31(22)19-6-2-1-3-7-19/h1-13,15-16H,14H2,(H,26,32). The van der Waals surface area contributed by atoms with E-state index in [-0.39, 0.29) is 5.91 Å². The van der Waals surface area contributed by atoms with E-state index in [1.54, 1.807) is 15.7 Å². The summed E-state index contributed by atoms with van der Waals surface area (Å²) in [6.45, 7) is 0. The summed E-state index contributed by atoms with van der Waals surface area (Å²) in [6, 6.07) is 24.6. The summed E-state index contributed by atoms with van der Waals surface area (Å²) in [5.41, 5.74) is 3.02. The molecular formula is C23H18N8OS. The normalized spacial score (nSPS) is 10.8. The van der Waals surface area contributed by atoms with Crippen molar-refractivity contribution in [1.29, 1.82) is 0 Å². The van der Waals surface area contributed by atoms with Gasteiger partial charge in [0.1, 0.15) is 12.7 Å². The molecule has 2 heterocycles. The van der Waals surface area contributed by atoms with Crippen LogP contribution in [0.1, 0.15) is 16.2 Å². The molecule has 0 aliphatic rings. The van der Waals surface area contributed by atoms with Crippen LogP contribution in [-0.4, -0.2) is 40.9 Å². The highest BCUT2D eigenvalue weighted by Crippen LogP contribution is 2.27. The zero-order valence-electron chi connectivity index (χ0n) is 17.3. The first-order valence-electron chi connectivity index (χ1n) is 10.1. The Morgan fingerprint density at radius 3 is 2.48 bits per heavy atom. The van der Waals surface area contributed by atoms with E-state index in [4.69, 9.17) is 0 Å². The second-order valence-corrected chi connectivity index (χ2v) is 7.99. The summed E-state index contributed by atoms with van der Waals surface area (Å²) in [7, 11) is 0. The van der Waals surface area contributed by atoms with Gasteiger partial charge in [-0.1, -0.05) is 30.3 Å². The number of para-hydroxylation sites is 1. The van der Waals surface area contributed by atoms with Crippen molar-refractivity contribution >= 4 is 23.4 Å². The number of amides is 1. The van der Waals surface area contributed by atoms with Gasteiger partial charge in [-0.2, -0.15) is 9.78 Å². The van der Waals surface area contributed by atoms with E-state index in [0.717, 1.165) is 16.3 Å². The molecule has 2 aromatic heterocycles. The summed E-state index contributed by atoms with van der Waals surface area (Å²) >= 11 is 1.51. The van der Waals surface area contributed by atoms with Gasteiger partial charge in [0.2, 0.25) is 0 Å². The van der Waals surface area contributed by atoms with Crippen molar-refractivity contribution in [2.45, 2.75) is 10.6 Å². The fourth-order valence-electron chi connectivity index (χ4n) is 3.23. The number of carbonyl (C=O) groups excluding carboxylic acids is 1. The number of tetrazole rings is 1. The lowest BCUT2D eigenvalue weighted by Gasteiger charge is -2.10. The highest BCUT2D eigenvalue weighted by Gasteiger charge is 2.14. The molecule has 5 rings (SSSR count). The Hall–Kier alpha value is -4.31. The Balaban J connectivity index is 1.29. The Morgan fingerprint density at radius 1 is 0.909 bits per heavy atom. The van der Waals surface area contributed by atoms with Crippen LogP contribution >= 0.6 is 11.8 Å². The summed E-state index contributed by atoms with van der Waals surface area (Å²) in [6.07, 6.45) is 3.10. The average Bonchev–Trinajstić information content (AvgIpc) is 3.56. The van der Waals surface area contributed by atoms with E-state index >= 15 is 0 Å². The van der Waals surface area contributed by atoms with Gasteiger partial charge in [-0.3, -0.25) is 4.79 Å². The van der Waals surface area contributed by atoms with Gasteiger partial charge in [0.05, 0.1) is 22.7 Å². The number of thioether (sulfide) groups is 1. The number of aromatic nitrogens is 7. The zero-order chi connectivity index (χ0) is 22.5. The molecule has 9 nitrogen and oxygen atoms in total. The molecule has 0 atom stereocenters. The van der Waals surface area contributed by atoms with Crippen molar-refractivity contribution in [3.63, 3.8) is 0 Å². The third kappa shape index (κ3) is 4.65. The highest BCUT2D eigenvalue weighted by atomic mass is 32.2. The fourth-order valence-corrected chi connectivity index (χ4v) is 4.18. The maximum absolute atomic E-state index is 13.0. The van der Waals surface area contributed by atoms with Crippen molar-refractivity contribution in [2.24, 2.45) is 0 Å². The fraction of sp³-hybridized carbons (Fsp3) is 0.0435. The minimum atomic E-state index is -0.186. The smallest absolute Gasteiger partial charge is 0.256 e. The molecule has 162 valence electrons. The monoisotopic (exact) mass is 454 g/mol. The highest BCUT2D eigenvalue weighted by molar-refractivity contribution is 7.98. The molecule has 0 aliphatic carbocycles. The molecule has 0 radical (unpaired) electrons. The Kier molecular flexibility index (Phi) is 5.89. The molecule has 0 saturated heterocycles. The van der Waals surface area contributed by atoms with Crippen molar-refractivity contribution in [1.82, 2.24) is 35.0 Å². The van der Waals surface area contributed by atoms with Crippen LogP contribution in [0.25, 0.3) is 11.4 Å². The van der Waals surface area contributed by atoms with E-state index in [0.29, 0.717) is 22.8 Å². The first kappa shape index (κ1) is 20.6. The molecule has 3 aromatic carbocycles. The first-order chi connectivity index (χ1) is 16.3. The SMILES string of the molecule is O=C(Nc1ccc(-n2cncn2)cc1)c1ccccc1SCc1nnnn1-c1ccccc1. The van der Waals surface area contributed by atoms with Crippen LogP contribution in [0.4, 0.5) is 5.69 Å². The minimum absolute atomic E-state index is 0.186. The number of anilines is 1. The second kappa shape index (κ2) is 9.45. The molecule has 0 unspecified atom stereocenters. The van der Waals surface area contributed by atoms with E-state index in [9.17, 15) is 4.79 Å². The van der Waals surface area contributed by atoms with Crippen LogP contribution < -0.4 is 5.32 Å². The van der Waals surface area contributed by atoms with Gasteiger partial charge in [-0.25, -0.2) is 9.67 Å².